The fraction of sp³-hybridized carbons (Fsp3) is 0.263. The van der Waals surface area contributed by atoms with Crippen molar-refractivity contribution in [1.82, 2.24) is 5.32 Å². The predicted molar refractivity (Wildman–Crippen MR) is 97.7 cm³/mol. The Morgan fingerprint density at radius 2 is 1.78 bits per heavy atom. The third kappa shape index (κ3) is 4.41. The van der Waals surface area contributed by atoms with E-state index >= 15 is 0 Å². The summed E-state index contributed by atoms with van der Waals surface area (Å²) in [6.45, 7) is 0.373. The molecule has 2 aromatic carbocycles. The Balaban J connectivity index is 1.49. The highest BCUT2D eigenvalue weighted by molar-refractivity contribution is 5.96. The van der Waals surface area contributed by atoms with Gasteiger partial charge in [-0.1, -0.05) is 0 Å². The van der Waals surface area contributed by atoms with E-state index in [0.717, 1.165) is 0 Å². The molecule has 2 N–H and O–H groups in total. The van der Waals surface area contributed by atoms with Gasteiger partial charge >= 0.3 is 0 Å². The zero-order chi connectivity index (χ0) is 19.2. The van der Waals surface area contributed by atoms with Crippen LogP contribution in [0, 0.1) is 0 Å². The van der Waals surface area contributed by atoms with E-state index in [-0.39, 0.29) is 31.6 Å². The number of nitrogens with one attached hydrogen (secondary N) is 2. The maximum Gasteiger partial charge on any atom is 0.251 e. The van der Waals surface area contributed by atoms with Gasteiger partial charge in [0, 0.05) is 30.3 Å². The lowest BCUT2D eigenvalue weighted by Crippen LogP contribution is -2.27. The van der Waals surface area contributed by atoms with Gasteiger partial charge < -0.3 is 29.6 Å². The molecular weight excluding hydrogens is 352 g/mol. The Labute approximate surface area is 156 Å². The monoisotopic (exact) mass is 372 g/mol. The van der Waals surface area contributed by atoms with Gasteiger partial charge in [0.25, 0.3) is 5.91 Å². The molecule has 0 bridgehead atoms. The van der Waals surface area contributed by atoms with Gasteiger partial charge in [0.05, 0.1) is 14.2 Å². The highest BCUT2D eigenvalue weighted by Crippen LogP contribution is 2.34. The van der Waals surface area contributed by atoms with E-state index in [4.69, 9.17) is 18.9 Å². The van der Waals surface area contributed by atoms with Crippen LogP contribution in [0.2, 0.25) is 0 Å². The van der Waals surface area contributed by atoms with Crippen LogP contribution in [0.5, 0.6) is 23.0 Å². The fourth-order valence-electron chi connectivity index (χ4n) is 2.57. The molecule has 0 radical (unpaired) electrons. The molecule has 2 amide bonds. The Morgan fingerprint density at radius 3 is 2.56 bits per heavy atom. The standard InChI is InChI=1S/C19H20N2O6/c1-24-14-5-3-12(9-16(14)25-2)19(23)20-8-7-18(22)21-13-4-6-15-17(10-13)27-11-26-15/h3-6,9-10H,7-8,11H2,1-2H3,(H,20,23)(H,21,22). The van der Waals surface area contributed by atoms with Gasteiger partial charge in [0.1, 0.15) is 0 Å². The molecule has 1 aliphatic heterocycles. The Hall–Kier alpha value is -3.42. The molecule has 2 aromatic rings. The summed E-state index contributed by atoms with van der Waals surface area (Å²) < 4.78 is 20.8. The summed E-state index contributed by atoms with van der Waals surface area (Å²) in [7, 11) is 3.02. The quantitative estimate of drug-likeness (QED) is 0.774. The molecule has 27 heavy (non-hydrogen) atoms. The van der Waals surface area contributed by atoms with Crippen LogP contribution in [0.4, 0.5) is 5.69 Å². The molecule has 0 unspecified atom stereocenters. The van der Waals surface area contributed by atoms with Gasteiger partial charge in [-0.2, -0.15) is 0 Å². The Morgan fingerprint density at radius 1 is 1.00 bits per heavy atom. The summed E-state index contributed by atoms with van der Waals surface area (Å²) in [6, 6.07) is 10.0. The number of fused-ring (bicyclic) bond motifs is 1. The number of amides is 2. The summed E-state index contributed by atoms with van der Waals surface area (Å²) in [5, 5.41) is 5.46. The summed E-state index contributed by atoms with van der Waals surface area (Å²) in [4.78, 5) is 24.3. The number of rotatable bonds is 7. The number of methoxy groups -OCH3 is 2. The van der Waals surface area contributed by atoms with Crippen molar-refractivity contribution in [2.45, 2.75) is 6.42 Å². The fourth-order valence-corrected chi connectivity index (χ4v) is 2.57. The molecule has 0 saturated heterocycles. The molecule has 0 aromatic heterocycles. The second-order valence-corrected chi connectivity index (χ2v) is 5.69. The average molecular weight is 372 g/mol. The molecule has 3 rings (SSSR count). The number of carbonyl (C=O) groups excluding carboxylic acids is 2. The minimum atomic E-state index is -0.299. The molecule has 1 aliphatic rings. The number of hydrogen-bond donors (Lipinski definition) is 2. The lowest BCUT2D eigenvalue weighted by atomic mass is 10.2. The van der Waals surface area contributed by atoms with Crippen molar-refractivity contribution in [3.63, 3.8) is 0 Å². The second-order valence-electron chi connectivity index (χ2n) is 5.69. The summed E-state index contributed by atoms with van der Waals surface area (Å²) in [6.07, 6.45) is 0.132. The van der Waals surface area contributed by atoms with Gasteiger partial charge in [-0.15, -0.1) is 0 Å². The first-order chi connectivity index (χ1) is 13.1. The van der Waals surface area contributed by atoms with Crippen molar-refractivity contribution in [1.29, 1.82) is 0 Å². The number of anilines is 1. The number of carbonyl (C=O) groups is 2. The normalized spacial score (nSPS) is 11.6. The number of benzene rings is 2. The van der Waals surface area contributed by atoms with E-state index in [9.17, 15) is 9.59 Å². The van der Waals surface area contributed by atoms with Crippen molar-refractivity contribution in [3.8, 4) is 23.0 Å². The number of hydrogen-bond acceptors (Lipinski definition) is 6. The van der Waals surface area contributed by atoms with Crippen molar-refractivity contribution >= 4 is 17.5 Å². The first-order valence-corrected chi connectivity index (χ1v) is 8.30. The Kier molecular flexibility index (Phi) is 5.65. The maximum absolute atomic E-state index is 12.2. The largest absolute Gasteiger partial charge is 0.493 e. The molecule has 0 aliphatic carbocycles. The zero-order valence-corrected chi connectivity index (χ0v) is 15.0. The summed E-state index contributed by atoms with van der Waals surface area (Å²) in [5.74, 6) is 1.72. The van der Waals surface area contributed by atoms with Crippen LogP contribution in [0.3, 0.4) is 0 Å². The highest BCUT2D eigenvalue weighted by atomic mass is 16.7. The molecular formula is C19H20N2O6. The molecule has 1 heterocycles. The topological polar surface area (TPSA) is 95.1 Å². The van der Waals surface area contributed by atoms with E-state index in [1.807, 2.05) is 0 Å². The number of ether oxygens (including phenoxy) is 4. The summed E-state index contributed by atoms with van der Waals surface area (Å²) in [5.41, 5.74) is 1.03. The van der Waals surface area contributed by atoms with Crippen molar-refractivity contribution in [2.24, 2.45) is 0 Å². The molecule has 0 atom stereocenters. The van der Waals surface area contributed by atoms with Crippen molar-refractivity contribution in [2.75, 3.05) is 32.9 Å². The van der Waals surface area contributed by atoms with Crippen LogP contribution < -0.4 is 29.6 Å². The van der Waals surface area contributed by atoms with Crippen LogP contribution in [0.25, 0.3) is 0 Å². The van der Waals surface area contributed by atoms with E-state index in [0.29, 0.717) is 34.2 Å². The van der Waals surface area contributed by atoms with Crippen LogP contribution >= 0.6 is 0 Å². The molecule has 8 heteroatoms. The zero-order valence-electron chi connectivity index (χ0n) is 15.0. The second kappa shape index (κ2) is 8.31. The van der Waals surface area contributed by atoms with Crippen LogP contribution in [0.15, 0.2) is 36.4 Å². The third-order valence-corrected chi connectivity index (χ3v) is 3.94. The molecule has 142 valence electrons. The average Bonchev–Trinajstić information content (AvgIpc) is 3.15. The maximum atomic E-state index is 12.2. The van der Waals surface area contributed by atoms with E-state index in [1.54, 1.807) is 36.4 Å². The minimum Gasteiger partial charge on any atom is -0.493 e. The van der Waals surface area contributed by atoms with Crippen molar-refractivity contribution < 1.29 is 28.5 Å². The lowest BCUT2D eigenvalue weighted by Gasteiger charge is -2.10. The molecule has 8 nitrogen and oxygen atoms in total. The first-order valence-electron chi connectivity index (χ1n) is 8.30. The molecule has 0 fully saturated rings. The molecule has 0 saturated carbocycles. The third-order valence-electron chi connectivity index (χ3n) is 3.94. The van der Waals surface area contributed by atoms with Gasteiger partial charge in [-0.25, -0.2) is 0 Å². The minimum absolute atomic E-state index is 0.132. The van der Waals surface area contributed by atoms with Gasteiger partial charge in [-0.3, -0.25) is 9.59 Å². The van der Waals surface area contributed by atoms with E-state index < -0.39 is 0 Å². The van der Waals surface area contributed by atoms with Crippen LogP contribution in [-0.2, 0) is 4.79 Å². The summed E-state index contributed by atoms with van der Waals surface area (Å²) >= 11 is 0. The lowest BCUT2D eigenvalue weighted by molar-refractivity contribution is -0.116. The SMILES string of the molecule is COc1ccc(C(=O)NCCC(=O)Nc2ccc3c(c2)OCO3)cc1OC. The van der Waals surface area contributed by atoms with Gasteiger partial charge in [0.2, 0.25) is 12.7 Å². The van der Waals surface area contributed by atoms with Crippen LogP contribution in [-0.4, -0.2) is 39.4 Å². The van der Waals surface area contributed by atoms with Crippen molar-refractivity contribution in [3.05, 3.63) is 42.0 Å². The molecule has 0 spiro atoms. The van der Waals surface area contributed by atoms with E-state index in [1.165, 1.54) is 14.2 Å². The Bertz CT molecular complexity index is 852. The predicted octanol–water partition coefficient (Wildman–Crippen LogP) is 2.19. The first kappa shape index (κ1) is 18.4. The van der Waals surface area contributed by atoms with E-state index in [2.05, 4.69) is 10.6 Å². The van der Waals surface area contributed by atoms with Crippen LogP contribution in [0.1, 0.15) is 16.8 Å². The van der Waals surface area contributed by atoms with Gasteiger partial charge in [0.15, 0.2) is 23.0 Å². The highest BCUT2D eigenvalue weighted by Gasteiger charge is 2.14. The van der Waals surface area contributed by atoms with Gasteiger partial charge in [-0.05, 0) is 30.3 Å². The smallest absolute Gasteiger partial charge is 0.251 e.